The molecule has 2 aromatic carbocycles. The highest BCUT2D eigenvalue weighted by molar-refractivity contribution is 7.92. The van der Waals surface area contributed by atoms with Crippen molar-refractivity contribution >= 4 is 52.1 Å². The summed E-state index contributed by atoms with van der Waals surface area (Å²) in [7, 11) is -4.54. The van der Waals surface area contributed by atoms with E-state index in [0.29, 0.717) is 23.9 Å². The third kappa shape index (κ3) is 5.59. The van der Waals surface area contributed by atoms with Gasteiger partial charge in [-0.05, 0) is 49.2 Å². The smallest absolute Gasteiger partial charge is 0.404 e. The van der Waals surface area contributed by atoms with Crippen LogP contribution in [0.5, 0.6) is 5.75 Å². The fourth-order valence-corrected chi connectivity index (χ4v) is 6.64. The molecule has 0 saturated carbocycles. The van der Waals surface area contributed by atoms with Gasteiger partial charge in [0.25, 0.3) is 15.9 Å². The second kappa shape index (κ2) is 9.75. The van der Waals surface area contributed by atoms with Gasteiger partial charge >= 0.3 is 6.09 Å². The molecular weight excluding hydrogens is 514 g/mol. The minimum absolute atomic E-state index is 0.0138. The number of ether oxygens (including phenoxy) is 1. The second-order valence-corrected chi connectivity index (χ2v) is 16.9. The van der Waals surface area contributed by atoms with E-state index >= 15 is 0 Å². The molecule has 1 atom stereocenters. The number of rotatable bonds is 7. The van der Waals surface area contributed by atoms with Gasteiger partial charge in [-0.15, -0.1) is 0 Å². The number of carboxylic acid groups (broad SMARTS) is 1. The number of hydrogen-bond acceptors (Lipinski definition) is 6. The molecule has 0 bridgehead atoms. The highest BCUT2D eigenvalue weighted by atomic mass is 32.2. The summed E-state index contributed by atoms with van der Waals surface area (Å²) in [5.74, 6) is -0.154. The average Bonchev–Trinajstić information content (AvgIpc) is 3.44. The number of carbonyl (C=O) groups excluding carboxylic acids is 1. The van der Waals surface area contributed by atoms with Crippen molar-refractivity contribution in [1.82, 2.24) is 10.2 Å². The number of fused-ring (bicyclic) bond motifs is 1. The monoisotopic (exact) mass is 545 g/mol. The SMILES string of the molecule is COc1ccc(C)cc1S(=O)(=O)Nc1cc(C(=O)N2CCC(NC(=O)O)C2)c2oc([Si](C)(C)C)cc2c1. The number of anilines is 1. The third-order valence-corrected chi connectivity index (χ3v) is 9.38. The van der Waals surface area contributed by atoms with Crippen molar-refractivity contribution in [2.75, 3.05) is 24.9 Å². The number of benzene rings is 2. The number of aryl methyl sites for hydroxylation is 1. The van der Waals surface area contributed by atoms with E-state index in [0.717, 1.165) is 10.9 Å². The fourth-order valence-electron chi connectivity index (χ4n) is 4.35. The van der Waals surface area contributed by atoms with Crippen molar-refractivity contribution in [3.63, 3.8) is 0 Å². The molecule has 3 N–H and O–H groups in total. The van der Waals surface area contributed by atoms with Crippen LogP contribution in [0.25, 0.3) is 11.0 Å². The predicted molar refractivity (Wildman–Crippen MR) is 143 cm³/mol. The van der Waals surface area contributed by atoms with Gasteiger partial charge in [-0.1, -0.05) is 25.7 Å². The van der Waals surface area contributed by atoms with Gasteiger partial charge in [0, 0.05) is 18.5 Å². The van der Waals surface area contributed by atoms with Gasteiger partial charge in [0.15, 0.2) is 0 Å². The number of carbonyl (C=O) groups is 2. The molecule has 1 fully saturated rings. The lowest BCUT2D eigenvalue weighted by molar-refractivity contribution is 0.0789. The van der Waals surface area contributed by atoms with E-state index in [-0.39, 0.29) is 40.4 Å². The van der Waals surface area contributed by atoms with Crippen LogP contribution in [0.1, 0.15) is 22.3 Å². The molecule has 198 valence electrons. The molecule has 1 aliphatic heterocycles. The van der Waals surface area contributed by atoms with Gasteiger partial charge in [0.2, 0.25) is 0 Å². The number of furan rings is 1. The highest BCUT2D eigenvalue weighted by Gasteiger charge is 2.31. The Morgan fingerprint density at radius 3 is 2.54 bits per heavy atom. The minimum atomic E-state index is -4.05. The van der Waals surface area contributed by atoms with E-state index in [9.17, 15) is 18.0 Å². The number of amides is 2. The molecule has 0 radical (unpaired) electrons. The van der Waals surface area contributed by atoms with Crippen molar-refractivity contribution < 1.29 is 32.3 Å². The molecule has 2 heterocycles. The maximum absolute atomic E-state index is 13.6. The quantitative estimate of drug-likeness (QED) is 0.386. The van der Waals surface area contributed by atoms with Gasteiger partial charge in [-0.2, -0.15) is 0 Å². The Labute approximate surface area is 216 Å². The van der Waals surface area contributed by atoms with Gasteiger partial charge in [-0.25, -0.2) is 13.2 Å². The molecule has 1 saturated heterocycles. The molecule has 1 aliphatic rings. The zero-order chi connectivity index (χ0) is 27.1. The summed E-state index contributed by atoms with van der Waals surface area (Å²) in [6, 6.07) is 9.48. The first-order chi connectivity index (χ1) is 17.3. The molecule has 4 rings (SSSR count). The first-order valence-corrected chi connectivity index (χ1v) is 16.8. The van der Waals surface area contributed by atoms with Crippen molar-refractivity contribution in [2.45, 2.75) is 43.9 Å². The second-order valence-electron chi connectivity index (χ2n) is 10.2. The lowest BCUT2D eigenvalue weighted by Crippen LogP contribution is -2.37. The van der Waals surface area contributed by atoms with Gasteiger partial charge in [0.05, 0.1) is 29.8 Å². The number of hydrogen-bond donors (Lipinski definition) is 3. The summed E-state index contributed by atoms with van der Waals surface area (Å²) in [5.41, 5.74) is 1.56. The van der Waals surface area contributed by atoms with Crippen molar-refractivity contribution in [3.05, 3.63) is 47.5 Å². The fraction of sp³-hybridized carbons (Fsp3) is 0.360. The first-order valence-electron chi connectivity index (χ1n) is 11.8. The van der Waals surface area contributed by atoms with Gasteiger partial charge < -0.3 is 24.5 Å². The largest absolute Gasteiger partial charge is 0.495 e. The molecular formula is C25H31N3O7SSi. The standard InChI is InChI=1S/C25H31N3O7SSi/c1-15-6-7-20(34-2)21(10-15)36(32,33)27-18-11-16-12-22(37(3,4)5)35-23(16)19(13-18)24(29)28-9-8-17(14-28)26-25(30)31/h6-7,10-13,17,26-27H,8-9,14H2,1-5H3,(H,30,31). The average molecular weight is 546 g/mol. The number of nitrogens with zero attached hydrogens (tertiary/aromatic N) is 1. The van der Waals surface area contributed by atoms with Crippen LogP contribution in [0.3, 0.4) is 0 Å². The zero-order valence-corrected chi connectivity index (χ0v) is 23.2. The summed E-state index contributed by atoms with van der Waals surface area (Å²) in [6.07, 6.45) is -0.658. The lowest BCUT2D eigenvalue weighted by atomic mass is 10.1. The van der Waals surface area contributed by atoms with E-state index in [1.165, 1.54) is 19.2 Å². The Kier molecular flexibility index (Phi) is 6.99. The Morgan fingerprint density at radius 1 is 1.16 bits per heavy atom. The normalized spacial score (nSPS) is 16.1. The molecule has 2 amide bonds. The number of nitrogens with one attached hydrogen (secondary N) is 2. The summed E-state index contributed by atoms with van der Waals surface area (Å²) < 4.78 is 40.7. The molecule has 37 heavy (non-hydrogen) atoms. The number of sulfonamides is 1. The number of methoxy groups -OCH3 is 1. The van der Waals surface area contributed by atoms with Crippen LogP contribution in [0.2, 0.25) is 19.6 Å². The van der Waals surface area contributed by atoms with E-state index in [1.54, 1.807) is 30.0 Å². The van der Waals surface area contributed by atoms with Crippen LogP contribution in [-0.2, 0) is 10.0 Å². The summed E-state index contributed by atoms with van der Waals surface area (Å²) in [6.45, 7) is 8.70. The molecule has 10 nitrogen and oxygen atoms in total. The number of likely N-dealkylation sites (tertiary alicyclic amines) is 1. The summed E-state index contributed by atoms with van der Waals surface area (Å²) in [4.78, 5) is 26.2. The maximum atomic E-state index is 13.6. The minimum Gasteiger partial charge on any atom is -0.495 e. The van der Waals surface area contributed by atoms with E-state index < -0.39 is 24.2 Å². The molecule has 0 spiro atoms. The van der Waals surface area contributed by atoms with Crippen LogP contribution in [-0.4, -0.2) is 64.7 Å². The third-order valence-electron chi connectivity index (χ3n) is 6.25. The molecule has 12 heteroatoms. The van der Waals surface area contributed by atoms with Gasteiger partial charge in [0.1, 0.15) is 24.3 Å². The molecule has 0 aliphatic carbocycles. The van der Waals surface area contributed by atoms with Gasteiger partial charge in [-0.3, -0.25) is 9.52 Å². The van der Waals surface area contributed by atoms with E-state index in [1.807, 2.05) is 6.07 Å². The summed E-state index contributed by atoms with van der Waals surface area (Å²) in [5, 5.41) is 12.8. The topological polar surface area (TPSA) is 138 Å². The van der Waals surface area contributed by atoms with Crippen molar-refractivity contribution in [3.8, 4) is 5.75 Å². The Balaban J connectivity index is 1.77. The zero-order valence-electron chi connectivity index (χ0n) is 21.4. The highest BCUT2D eigenvalue weighted by Crippen LogP contribution is 2.31. The Morgan fingerprint density at radius 2 is 1.89 bits per heavy atom. The van der Waals surface area contributed by atoms with Crippen LogP contribution in [0.4, 0.5) is 10.5 Å². The van der Waals surface area contributed by atoms with Crippen LogP contribution < -0.4 is 20.2 Å². The van der Waals surface area contributed by atoms with E-state index in [4.69, 9.17) is 14.3 Å². The Bertz CT molecular complexity index is 1480. The lowest BCUT2D eigenvalue weighted by Gasteiger charge is -2.18. The van der Waals surface area contributed by atoms with Crippen molar-refractivity contribution in [2.24, 2.45) is 0 Å². The van der Waals surface area contributed by atoms with E-state index in [2.05, 4.69) is 29.7 Å². The summed E-state index contributed by atoms with van der Waals surface area (Å²) >= 11 is 0. The first kappa shape index (κ1) is 26.5. The van der Waals surface area contributed by atoms with Crippen LogP contribution in [0.15, 0.2) is 45.7 Å². The Hall–Kier alpha value is -3.51. The van der Waals surface area contributed by atoms with Crippen molar-refractivity contribution in [1.29, 1.82) is 0 Å². The molecule has 1 aromatic heterocycles. The predicted octanol–water partition coefficient (Wildman–Crippen LogP) is 3.58. The molecule has 3 aromatic rings. The van der Waals surface area contributed by atoms with Crippen LogP contribution >= 0.6 is 0 Å². The molecule has 1 unspecified atom stereocenters. The maximum Gasteiger partial charge on any atom is 0.404 e. The van der Waals surface area contributed by atoms with Crippen LogP contribution in [0, 0.1) is 6.92 Å².